The molecule has 2 heteroatoms. The lowest BCUT2D eigenvalue weighted by atomic mass is 9.66. The van der Waals surface area contributed by atoms with Gasteiger partial charge >= 0.3 is 0 Å². The van der Waals surface area contributed by atoms with Crippen LogP contribution in [0.25, 0.3) is 33.4 Å². The van der Waals surface area contributed by atoms with Crippen molar-refractivity contribution in [3.63, 3.8) is 0 Å². The van der Waals surface area contributed by atoms with E-state index in [0.29, 0.717) is 0 Å². The lowest BCUT2D eigenvalue weighted by Gasteiger charge is -2.39. The summed E-state index contributed by atoms with van der Waals surface area (Å²) < 4.78 is 6.78. The van der Waals surface area contributed by atoms with E-state index in [9.17, 15) is 0 Å². The Balaban J connectivity index is 1.22. The summed E-state index contributed by atoms with van der Waals surface area (Å²) >= 11 is 0. The molecule has 0 aromatic heterocycles. The molecule has 1 spiro atoms. The summed E-state index contributed by atoms with van der Waals surface area (Å²) in [5.74, 6) is 1.79. The predicted octanol–water partition coefficient (Wildman–Crippen LogP) is 13.0. The van der Waals surface area contributed by atoms with Gasteiger partial charge in [0.05, 0.1) is 11.1 Å². The maximum Gasteiger partial charge on any atom is 0.132 e. The molecule has 8 aromatic rings. The van der Waals surface area contributed by atoms with E-state index in [1.54, 1.807) is 0 Å². The number of fused-ring (bicyclic) bond motifs is 9. The van der Waals surface area contributed by atoms with Crippen molar-refractivity contribution in [2.75, 3.05) is 4.90 Å². The van der Waals surface area contributed by atoms with Crippen LogP contribution in [-0.4, -0.2) is 0 Å². The Labute approximate surface area is 298 Å². The van der Waals surface area contributed by atoms with Crippen LogP contribution in [0, 0.1) is 0 Å². The molecule has 2 nitrogen and oxygen atoms in total. The molecule has 1 aliphatic carbocycles. The minimum absolute atomic E-state index is 0.538. The molecule has 0 N–H and O–H groups in total. The van der Waals surface area contributed by atoms with Crippen LogP contribution in [0.3, 0.4) is 0 Å². The molecule has 0 saturated carbocycles. The smallest absolute Gasteiger partial charge is 0.132 e. The first kappa shape index (κ1) is 29.3. The third-order valence-electron chi connectivity index (χ3n) is 10.5. The molecule has 1 atom stereocenters. The van der Waals surface area contributed by atoms with Crippen LogP contribution in [0.5, 0.6) is 11.5 Å². The van der Waals surface area contributed by atoms with E-state index in [1.807, 2.05) is 0 Å². The second-order valence-electron chi connectivity index (χ2n) is 13.3. The monoisotopic (exact) mass is 651 g/mol. The van der Waals surface area contributed by atoms with Crippen molar-refractivity contribution in [2.24, 2.45) is 0 Å². The van der Waals surface area contributed by atoms with E-state index in [4.69, 9.17) is 4.74 Å². The van der Waals surface area contributed by atoms with Gasteiger partial charge in [0.15, 0.2) is 0 Å². The van der Waals surface area contributed by atoms with Gasteiger partial charge in [-0.2, -0.15) is 0 Å². The molecule has 51 heavy (non-hydrogen) atoms. The molecule has 1 unspecified atom stereocenters. The first-order valence-corrected chi connectivity index (χ1v) is 17.5. The van der Waals surface area contributed by atoms with Gasteiger partial charge in [0, 0.05) is 28.1 Å². The van der Waals surface area contributed by atoms with Crippen molar-refractivity contribution in [3.05, 3.63) is 222 Å². The van der Waals surface area contributed by atoms with E-state index in [1.165, 1.54) is 44.5 Å². The van der Waals surface area contributed by atoms with Gasteiger partial charge < -0.3 is 9.64 Å². The van der Waals surface area contributed by atoms with Crippen LogP contribution in [0.2, 0.25) is 0 Å². The second-order valence-corrected chi connectivity index (χ2v) is 13.3. The lowest BCUT2D eigenvalue weighted by Crippen LogP contribution is -2.32. The average molecular weight is 652 g/mol. The average Bonchev–Trinajstić information content (AvgIpc) is 3.49. The van der Waals surface area contributed by atoms with Crippen LogP contribution >= 0.6 is 0 Å². The maximum absolute atomic E-state index is 6.78. The third-order valence-corrected chi connectivity index (χ3v) is 10.5. The van der Waals surface area contributed by atoms with Crippen LogP contribution in [-0.2, 0) is 5.41 Å². The van der Waals surface area contributed by atoms with Crippen LogP contribution in [0.15, 0.2) is 200 Å². The Kier molecular flexibility index (Phi) is 6.75. The van der Waals surface area contributed by atoms with Gasteiger partial charge in [-0.25, -0.2) is 0 Å². The summed E-state index contributed by atoms with van der Waals surface area (Å²) in [7, 11) is 0. The molecule has 0 amide bonds. The number of benzene rings is 8. The van der Waals surface area contributed by atoms with E-state index in [-0.39, 0.29) is 0 Å². The second kappa shape index (κ2) is 11.8. The number of hydrogen-bond donors (Lipinski definition) is 0. The highest BCUT2D eigenvalue weighted by Crippen LogP contribution is 2.63. The fourth-order valence-corrected chi connectivity index (χ4v) is 8.38. The zero-order valence-electron chi connectivity index (χ0n) is 27.9. The molecule has 0 bridgehead atoms. The van der Waals surface area contributed by atoms with Gasteiger partial charge in [0.2, 0.25) is 0 Å². The topological polar surface area (TPSA) is 12.5 Å². The molecule has 8 aromatic carbocycles. The third kappa shape index (κ3) is 4.50. The highest BCUT2D eigenvalue weighted by Gasteiger charge is 2.51. The minimum atomic E-state index is -0.538. The number of ether oxygens (including phenoxy) is 1. The van der Waals surface area contributed by atoms with Crippen molar-refractivity contribution in [2.45, 2.75) is 5.41 Å². The number of nitrogens with zero attached hydrogens (tertiary/aromatic N) is 1. The molecule has 0 saturated heterocycles. The number of rotatable bonds is 5. The highest BCUT2D eigenvalue weighted by molar-refractivity contribution is 5.94. The SMILES string of the molecule is c1ccc(-c2ccc3c(c2)Oc2ccccc2C32c3ccccc3-c3cc(N(c4ccccc4)c4ccccc4-c4ccccc4)ccc32)cc1. The largest absolute Gasteiger partial charge is 0.457 e. The van der Waals surface area contributed by atoms with Crippen molar-refractivity contribution in [1.29, 1.82) is 0 Å². The number of anilines is 3. The van der Waals surface area contributed by atoms with Gasteiger partial charge in [0.1, 0.15) is 11.5 Å². The molecule has 10 rings (SSSR count). The lowest BCUT2D eigenvalue weighted by molar-refractivity contribution is 0.436. The summed E-state index contributed by atoms with van der Waals surface area (Å²) in [6, 6.07) is 72.0. The fraction of sp³-hybridized carbons (Fsp3) is 0.0204. The Morgan fingerprint density at radius 1 is 0.333 bits per heavy atom. The summed E-state index contributed by atoms with van der Waals surface area (Å²) in [5.41, 5.74) is 14.8. The van der Waals surface area contributed by atoms with E-state index in [2.05, 4.69) is 205 Å². The van der Waals surface area contributed by atoms with Gasteiger partial charge in [-0.15, -0.1) is 0 Å². The first-order valence-electron chi connectivity index (χ1n) is 17.5. The normalized spacial score (nSPS) is 14.9. The molecule has 2 aliphatic rings. The molecular formula is C49H33NO. The molecule has 1 heterocycles. The van der Waals surface area contributed by atoms with Crippen LogP contribution in [0.1, 0.15) is 22.3 Å². The zero-order valence-corrected chi connectivity index (χ0v) is 27.9. The molecule has 0 radical (unpaired) electrons. The van der Waals surface area contributed by atoms with Gasteiger partial charge in [-0.1, -0.05) is 158 Å². The van der Waals surface area contributed by atoms with Gasteiger partial charge in [-0.05, 0) is 81.4 Å². The first-order chi connectivity index (χ1) is 25.3. The molecular weight excluding hydrogens is 619 g/mol. The number of hydrogen-bond acceptors (Lipinski definition) is 2. The van der Waals surface area contributed by atoms with Crippen molar-refractivity contribution in [3.8, 4) is 44.9 Å². The van der Waals surface area contributed by atoms with Gasteiger partial charge in [0.25, 0.3) is 0 Å². The Morgan fingerprint density at radius 2 is 0.902 bits per heavy atom. The standard InChI is InChI=1S/C49H33NO/c1-4-16-34(17-5-1)36-28-30-45-48(32-36)51-47-27-15-13-25-44(47)49(45)42-24-12-10-23-40(42)41-33-38(29-31-43(41)49)50(37-20-8-3-9-21-37)46-26-14-11-22-39(46)35-18-6-2-7-19-35/h1-33H. The summed E-state index contributed by atoms with van der Waals surface area (Å²) in [6.45, 7) is 0. The molecule has 240 valence electrons. The van der Waals surface area contributed by atoms with Crippen LogP contribution < -0.4 is 9.64 Å². The Morgan fingerprint density at radius 3 is 1.69 bits per heavy atom. The maximum atomic E-state index is 6.78. The fourth-order valence-electron chi connectivity index (χ4n) is 8.38. The summed E-state index contributed by atoms with van der Waals surface area (Å²) in [5, 5.41) is 0. The zero-order chi connectivity index (χ0) is 33.8. The van der Waals surface area contributed by atoms with Crippen LogP contribution in [0.4, 0.5) is 17.1 Å². The number of para-hydroxylation sites is 3. The molecule has 0 fully saturated rings. The Bertz CT molecular complexity index is 2560. The molecule has 1 aliphatic heterocycles. The minimum Gasteiger partial charge on any atom is -0.457 e. The summed E-state index contributed by atoms with van der Waals surface area (Å²) in [4.78, 5) is 2.40. The van der Waals surface area contributed by atoms with E-state index < -0.39 is 5.41 Å². The quantitative estimate of drug-likeness (QED) is 0.184. The Hall–Kier alpha value is -6.64. The van der Waals surface area contributed by atoms with Gasteiger partial charge in [-0.3, -0.25) is 0 Å². The highest BCUT2D eigenvalue weighted by atomic mass is 16.5. The van der Waals surface area contributed by atoms with E-state index in [0.717, 1.165) is 39.7 Å². The van der Waals surface area contributed by atoms with Crippen molar-refractivity contribution >= 4 is 17.1 Å². The van der Waals surface area contributed by atoms with Crippen molar-refractivity contribution < 1.29 is 4.74 Å². The van der Waals surface area contributed by atoms with E-state index >= 15 is 0 Å². The summed E-state index contributed by atoms with van der Waals surface area (Å²) in [6.07, 6.45) is 0. The predicted molar refractivity (Wildman–Crippen MR) is 209 cm³/mol. The van der Waals surface area contributed by atoms with Crippen molar-refractivity contribution in [1.82, 2.24) is 0 Å².